The van der Waals surface area contributed by atoms with E-state index in [4.69, 9.17) is 19.7 Å². The molecule has 0 aliphatic rings. The molecule has 30 heavy (non-hydrogen) atoms. The van der Waals surface area contributed by atoms with Crippen molar-refractivity contribution in [2.45, 2.75) is 0 Å². The van der Waals surface area contributed by atoms with Crippen LogP contribution in [0, 0.1) is 0 Å². The number of carbonyl (C=O) groups excluding carboxylic acids is 2. The standard InChI is InChI=1S/C20H12N2O8/c23-17(24)11-5-7-15(21-9-11)29-19(27)13-3-1-2-4-14(13)20(28)30-16-8-6-12(10-22-16)18(25)26/h1-10H,(H,23,24)(H,25,26). The van der Waals surface area contributed by atoms with E-state index in [1.165, 1.54) is 48.5 Å². The van der Waals surface area contributed by atoms with Gasteiger partial charge < -0.3 is 19.7 Å². The molecule has 0 aliphatic carbocycles. The van der Waals surface area contributed by atoms with E-state index in [-0.39, 0.29) is 34.0 Å². The smallest absolute Gasteiger partial charge is 0.345 e. The average Bonchev–Trinajstić information content (AvgIpc) is 2.74. The molecule has 0 saturated heterocycles. The van der Waals surface area contributed by atoms with Crippen LogP contribution in [0.15, 0.2) is 60.9 Å². The van der Waals surface area contributed by atoms with Gasteiger partial charge in [-0.05, 0) is 24.3 Å². The van der Waals surface area contributed by atoms with Crippen molar-refractivity contribution in [1.29, 1.82) is 0 Å². The van der Waals surface area contributed by atoms with Gasteiger partial charge in [-0.3, -0.25) is 0 Å². The summed E-state index contributed by atoms with van der Waals surface area (Å²) in [5, 5.41) is 17.7. The molecular formula is C20H12N2O8. The minimum Gasteiger partial charge on any atom is -0.478 e. The van der Waals surface area contributed by atoms with Gasteiger partial charge in [0.25, 0.3) is 0 Å². The minimum absolute atomic E-state index is 0.0832. The van der Waals surface area contributed by atoms with E-state index in [0.29, 0.717) is 0 Å². The van der Waals surface area contributed by atoms with Gasteiger partial charge in [-0.15, -0.1) is 0 Å². The molecule has 3 rings (SSSR count). The second-order valence-electron chi connectivity index (χ2n) is 5.71. The molecule has 10 nitrogen and oxygen atoms in total. The molecule has 0 bridgehead atoms. The van der Waals surface area contributed by atoms with E-state index >= 15 is 0 Å². The lowest BCUT2D eigenvalue weighted by molar-refractivity contribution is 0.0677. The molecule has 1 aromatic carbocycles. The van der Waals surface area contributed by atoms with Crippen LogP contribution in [-0.2, 0) is 0 Å². The molecule has 0 unspecified atom stereocenters. The van der Waals surface area contributed by atoms with Crippen molar-refractivity contribution < 1.29 is 38.9 Å². The number of rotatable bonds is 6. The molecular weight excluding hydrogens is 396 g/mol. The first kappa shape index (κ1) is 20.1. The van der Waals surface area contributed by atoms with Gasteiger partial charge in [0.05, 0.1) is 22.3 Å². The summed E-state index contributed by atoms with van der Waals surface area (Å²) in [6.07, 6.45) is 2.05. The van der Waals surface area contributed by atoms with Gasteiger partial charge >= 0.3 is 23.9 Å². The fourth-order valence-electron chi connectivity index (χ4n) is 2.27. The van der Waals surface area contributed by atoms with Crippen LogP contribution < -0.4 is 9.47 Å². The molecule has 0 saturated carbocycles. The molecule has 10 heteroatoms. The number of esters is 2. The number of ether oxygens (including phenoxy) is 2. The molecule has 0 aliphatic heterocycles. The van der Waals surface area contributed by atoms with E-state index in [1.807, 2.05) is 0 Å². The fourth-order valence-corrected chi connectivity index (χ4v) is 2.27. The molecule has 0 atom stereocenters. The maximum Gasteiger partial charge on any atom is 0.345 e. The molecule has 3 aromatic rings. The van der Waals surface area contributed by atoms with Crippen LogP contribution in [0.3, 0.4) is 0 Å². The summed E-state index contributed by atoms with van der Waals surface area (Å²) in [4.78, 5) is 54.1. The Hall–Kier alpha value is -4.60. The molecule has 0 spiro atoms. The second kappa shape index (κ2) is 8.61. The average molecular weight is 408 g/mol. The number of benzene rings is 1. The monoisotopic (exact) mass is 408 g/mol. The number of aromatic carboxylic acids is 2. The molecule has 150 valence electrons. The molecule has 0 fully saturated rings. The lowest BCUT2D eigenvalue weighted by Crippen LogP contribution is -2.18. The van der Waals surface area contributed by atoms with Crippen molar-refractivity contribution in [2.24, 2.45) is 0 Å². The minimum atomic E-state index is -1.18. The van der Waals surface area contributed by atoms with Crippen LogP contribution in [0.2, 0.25) is 0 Å². The first-order valence-electron chi connectivity index (χ1n) is 8.27. The number of hydrogen-bond donors (Lipinski definition) is 2. The van der Waals surface area contributed by atoms with E-state index in [0.717, 1.165) is 12.4 Å². The molecule has 0 radical (unpaired) electrons. The lowest BCUT2D eigenvalue weighted by Gasteiger charge is -2.09. The van der Waals surface area contributed by atoms with Crippen LogP contribution in [-0.4, -0.2) is 44.1 Å². The Morgan fingerprint density at radius 2 is 1.03 bits per heavy atom. The van der Waals surface area contributed by atoms with Gasteiger partial charge in [0.15, 0.2) is 0 Å². The summed E-state index contributed by atoms with van der Waals surface area (Å²) in [7, 11) is 0. The van der Waals surface area contributed by atoms with Crippen molar-refractivity contribution in [3.63, 3.8) is 0 Å². The summed E-state index contributed by atoms with van der Waals surface area (Å²) < 4.78 is 10.2. The number of nitrogens with zero attached hydrogens (tertiary/aromatic N) is 2. The summed E-state index contributed by atoms with van der Waals surface area (Å²) in [6, 6.07) is 10.5. The molecule has 2 heterocycles. The van der Waals surface area contributed by atoms with Crippen LogP contribution in [0.5, 0.6) is 11.8 Å². The molecule has 0 amide bonds. The van der Waals surface area contributed by atoms with Crippen LogP contribution in [0.1, 0.15) is 41.4 Å². The Bertz CT molecular complexity index is 1030. The van der Waals surface area contributed by atoms with Crippen molar-refractivity contribution in [2.75, 3.05) is 0 Å². The van der Waals surface area contributed by atoms with E-state index in [1.54, 1.807) is 0 Å². The Balaban J connectivity index is 1.77. The first-order chi connectivity index (χ1) is 14.3. The zero-order chi connectivity index (χ0) is 21.7. The van der Waals surface area contributed by atoms with Crippen molar-refractivity contribution in [3.8, 4) is 11.8 Å². The number of carboxylic acids is 2. The van der Waals surface area contributed by atoms with Gasteiger partial charge in [-0.1, -0.05) is 12.1 Å². The molecule has 2 aromatic heterocycles. The third kappa shape index (κ3) is 4.62. The van der Waals surface area contributed by atoms with Crippen LogP contribution in [0.25, 0.3) is 0 Å². The quantitative estimate of drug-likeness (QED) is 0.581. The predicted octanol–water partition coefficient (Wildman–Crippen LogP) is 2.31. The Morgan fingerprint density at radius 3 is 1.33 bits per heavy atom. The number of hydrogen-bond acceptors (Lipinski definition) is 8. The largest absolute Gasteiger partial charge is 0.478 e. The lowest BCUT2D eigenvalue weighted by atomic mass is 10.1. The normalized spacial score (nSPS) is 10.1. The third-order valence-corrected chi connectivity index (χ3v) is 3.73. The Labute approximate surface area is 168 Å². The second-order valence-corrected chi connectivity index (χ2v) is 5.71. The SMILES string of the molecule is O=C(O)c1ccc(OC(=O)c2ccccc2C(=O)Oc2ccc(C(=O)O)cn2)nc1. The zero-order valence-corrected chi connectivity index (χ0v) is 15.0. The van der Waals surface area contributed by atoms with Crippen molar-refractivity contribution >= 4 is 23.9 Å². The Morgan fingerprint density at radius 1 is 0.633 bits per heavy atom. The Kier molecular flexibility index (Phi) is 5.78. The fraction of sp³-hybridized carbons (Fsp3) is 0. The molecule has 2 N–H and O–H groups in total. The van der Waals surface area contributed by atoms with Gasteiger partial charge in [0.1, 0.15) is 0 Å². The van der Waals surface area contributed by atoms with Gasteiger partial charge in [-0.2, -0.15) is 0 Å². The maximum atomic E-state index is 12.5. The topological polar surface area (TPSA) is 153 Å². The number of aromatic nitrogens is 2. The summed E-state index contributed by atoms with van der Waals surface area (Å²) in [6.45, 7) is 0. The van der Waals surface area contributed by atoms with Gasteiger partial charge in [0, 0.05) is 24.5 Å². The van der Waals surface area contributed by atoms with Crippen LogP contribution >= 0.6 is 0 Å². The number of carbonyl (C=O) groups is 4. The van der Waals surface area contributed by atoms with Crippen molar-refractivity contribution in [3.05, 3.63) is 83.2 Å². The van der Waals surface area contributed by atoms with Crippen LogP contribution in [0.4, 0.5) is 0 Å². The predicted molar refractivity (Wildman–Crippen MR) is 98.8 cm³/mol. The maximum absolute atomic E-state index is 12.5. The zero-order valence-electron chi connectivity index (χ0n) is 15.0. The van der Waals surface area contributed by atoms with E-state index in [9.17, 15) is 19.2 Å². The summed E-state index contributed by atoms with van der Waals surface area (Å²) in [5.41, 5.74) is -0.400. The summed E-state index contributed by atoms with van der Waals surface area (Å²) in [5.74, 6) is -4.49. The highest BCUT2D eigenvalue weighted by atomic mass is 16.5. The van der Waals surface area contributed by atoms with E-state index < -0.39 is 23.9 Å². The van der Waals surface area contributed by atoms with Crippen molar-refractivity contribution in [1.82, 2.24) is 9.97 Å². The van der Waals surface area contributed by atoms with Gasteiger partial charge in [0.2, 0.25) is 11.8 Å². The highest BCUT2D eigenvalue weighted by molar-refractivity contribution is 6.04. The number of pyridine rings is 2. The third-order valence-electron chi connectivity index (χ3n) is 3.73. The van der Waals surface area contributed by atoms with E-state index in [2.05, 4.69) is 9.97 Å². The first-order valence-corrected chi connectivity index (χ1v) is 8.27. The number of carboxylic acid groups (broad SMARTS) is 2. The summed E-state index contributed by atoms with van der Waals surface area (Å²) >= 11 is 0. The highest BCUT2D eigenvalue weighted by Crippen LogP contribution is 2.17. The highest BCUT2D eigenvalue weighted by Gasteiger charge is 2.21. The van der Waals surface area contributed by atoms with Gasteiger partial charge in [-0.25, -0.2) is 29.1 Å².